The summed E-state index contributed by atoms with van der Waals surface area (Å²) in [5.74, 6) is -0.213. The molecule has 0 aliphatic heterocycles. The van der Waals surface area contributed by atoms with Gasteiger partial charge < -0.3 is 14.8 Å². The van der Waals surface area contributed by atoms with Crippen LogP contribution in [0.2, 0.25) is 0 Å². The first-order valence-corrected chi connectivity index (χ1v) is 4.54. The standard InChI is InChI=1S/C9H15N3O3/c1-6(9(14-2)15-3)12-8(13)7-4-10-11-5-7/h4-6,9H,1-3H3,(H,10,11)(H,12,13). The van der Waals surface area contributed by atoms with Crippen LogP contribution in [0.3, 0.4) is 0 Å². The van der Waals surface area contributed by atoms with Crippen molar-refractivity contribution in [3.63, 3.8) is 0 Å². The summed E-state index contributed by atoms with van der Waals surface area (Å²) >= 11 is 0. The minimum absolute atomic E-state index is 0.213. The fourth-order valence-electron chi connectivity index (χ4n) is 1.24. The zero-order valence-corrected chi connectivity index (χ0v) is 8.98. The molecule has 15 heavy (non-hydrogen) atoms. The van der Waals surface area contributed by atoms with Crippen molar-refractivity contribution in [2.45, 2.75) is 19.3 Å². The molecule has 6 nitrogen and oxygen atoms in total. The zero-order chi connectivity index (χ0) is 11.3. The number of ether oxygens (including phenoxy) is 2. The van der Waals surface area contributed by atoms with Crippen molar-refractivity contribution < 1.29 is 14.3 Å². The first-order valence-electron chi connectivity index (χ1n) is 4.54. The molecule has 0 saturated carbocycles. The highest BCUT2D eigenvalue weighted by atomic mass is 16.7. The summed E-state index contributed by atoms with van der Waals surface area (Å²) in [4.78, 5) is 11.6. The van der Waals surface area contributed by atoms with Crippen LogP contribution in [0, 0.1) is 0 Å². The SMILES string of the molecule is COC(OC)C(C)NC(=O)c1cn[nH]c1. The molecule has 0 bridgehead atoms. The number of hydrogen-bond donors (Lipinski definition) is 2. The molecule has 0 radical (unpaired) electrons. The summed E-state index contributed by atoms with van der Waals surface area (Å²) in [6.45, 7) is 1.80. The molecule has 2 N–H and O–H groups in total. The number of nitrogens with zero attached hydrogens (tertiary/aromatic N) is 1. The maximum Gasteiger partial charge on any atom is 0.254 e. The predicted octanol–water partition coefficient (Wildman–Crippen LogP) is 0.147. The van der Waals surface area contributed by atoms with Crippen LogP contribution in [0.5, 0.6) is 0 Å². The highest BCUT2D eigenvalue weighted by Gasteiger charge is 2.18. The maximum absolute atomic E-state index is 11.6. The maximum atomic E-state index is 11.6. The monoisotopic (exact) mass is 213 g/mol. The lowest BCUT2D eigenvalue weighted by molar-refractivity contribution is -0.117. The Morgan fingerprint density at radius 2 is 2.20 bits per heavy atom. The normalized spacial score (nSPS) is 12.8. The van der Waals surface area contributed by atoms with Gasteiger partial charge in [0, 0.05) is 20.4 Å². The molecule has 1 unspecified atom stereocenters. The second-order valence-corrected chi connectivity index (χ2v) is 3.09. The number of carbonyl (C=O) groups excluding carboxylic acids is 1. The molecule has 1 atom stereocenters. The van der Waals surface area contributed by atoms with Crippen LogP contribution in [0.1, 0.15) is 17.3 Å². The largest absolute Gasteiger partial charge is 0.354 e. The third-order valence-corrected chi connectivity index (χ3v) is 1.99. The van der Waals surface area contributed by atoms with Crippen molar-refractivity contribution in [2.75, 3.05) is 14.2 Å². The molecular weight excluding hydrogens is 198 g/mol. The first-order chi connectivity index (χ1) is 7.19. The number of hydrogen-bond acceptors (Lipinski definition) is 4. The minimum atomic E-state index is -0.458. The zero-order valence-electron chi connectivity index (χ0n) is 8.98. The summed E-state index contributed by atoms with van der Waals surface area (Å²) in [7, 11) is 3.04. The highest BCUT2D eigenvalue weighted by Crippen LogP contribution is 2.01. The third kappa shape index (κ3) is 3.03. The van der Waals surface area contributed by atoms with Gasteiger partial charge in [0.25, 0.3) is 5.91 Å². The van der Waals surface area contributed by atoms with Gasteiger partial charge in [-0.2, -0.15) is 5.10 Å². The molecule has 84 valence electrons. The van der Waals surface area contributed by atoms with Crippen LogP contribution in [0.4, 0.5) is 0 Å². The van der Waals surface area contributed by atoms with Crippen LogP contribution >= 0.6 is 0 Å². The van der Waals surface area contributed by atoms with E-state index in [1.165, 1.54) is 26.6 Å². The second kappa shape index (κ2) is 5.47. The van der Waals surface area contributed by atoms with Crippen molar-refractivity contribution in [3.05, 3.63) is 18.0 Å². The lowest BCUT2D eigenvalue weighted by Crippen LogP contribution is -2.42. The van der Waals surface area contributed by atoms with Crippen LogP contribution in [0.15, 0.2) is 12.4 Å². The van der Waals surface area contributed by atoms with E-state index >= 15 is 0 Å². The molecule has 0 spiro atoms. The predicted molar refractivity (Wildman–Crippen MR) is 53.3 cm³/mol. The van der Waals surface area contributed by atoms with E-state index in [1.54, 1.807) is 6.92 Å². The molecule has 1 heterocycles. The van der Waals surface area contributed by atoms with Crippen LogP contribution < -0.4 is 5.32 Å². The van der Waals surface area contributed by atoms with Crippen LogP contribution in [-0.2, 0) is 9.47 Å². The van der Waals surface area contributed by atoms with Gasteiger partial charge in [0.1, 0.15) is 0 Å². The summed E-state index contributed by atoms with van der Waals surface area (Å²) in [6.07, 6.45) is 2.52. The Hall–Kier alpha value is -1.40. The number of nitrogens with one attached hydrogen (secondary N) is 2. The van der Waals surface area contributed by atoms with E-state index in [0.29, 0.717) is 5.56 Å². The number of amides is 1. The molecule has 1 aromatic rings. The van der Waals surface area contributed by atoms with Gasteiger partial charge in [0.2, 0.25) is 0 Å². The number of aromatic amines is 1. The fraction of sp³-hybridized carbons (Fsp3) is 0.556. The van der Waals surface area contributed by atoms with E-state index in [-0.39, 0.29) is 11.9 Å². The Bertz CT molecular complexity index is 296. The molecule has 0 aliphatic carbocycles. The first kappa shape index (κ1) is 11.7. The molecule has 1 rings (SSSR count). The molecule has 1 aromatic heterocycles. The molecule has 0 aliphatic rings. The fourth-order valence-corrected chi connectivity index (χ4v) is 1.24. The molecule has 0 saturated heterocycles. The van der Waals surface area contributed by atoms with Gasteiger partial charge in [0.15, 0.2) is 6.29 Å². The smallest absolute Gasteiger partial charge is 0.254 e. The summed E-state index contributed by atoms with van der Waals surface area (Å²) < 4.78 is 10.0. The number of H-pyrrole nitrogens is 1. The van der Waals surface area contributed by atoms with Crippen molar-refractivity contribution >= 4 is 5.91 Å². The van der Waals surface area contributed by atoms with E-state index < -0.39 is 6.29 Å². The van der Waals surface area contributed by atoms with Gasteiger partial charge in [-0.05, 0) is 6.92 Å². The Morgan fingerprint density at radius 3 is 2.67 bits per heavy atom. The van der Waals surface area contributed by atoms with E-state index in [2.05, 4.69) is 15.5 Å². The van der Waals surface area contributed by atoms with Crippen molar-refractivity contribution in [1.29, 1.82) is 0 Å². The number of rotatable bonds is 5. The number of carbonyl (C=O) groups is 1. The van der Waals surface area contributed by atoms with Gasteiger partial charge in [-0.3, -0.25) is 9.89 Å². The van der Waals surface area contributed by atoms with Crippen LogP contribution in [-0.4, -0.2) is 42.7 Å². The average Bonchev–Trinajstić information content (AvgIpc) is 2.72. The lowest BCUT2D eigenvalue weighted by atomic mass is 10.2. The molecule has 0 aromatic carbocycles. The van der Waals surface area contributed by atoms with Crippen molar-refractivity contribution in [2.24, 2.45) is 0 Å². The van der Waals surface area contributed by atoms with Crippen molar-refractivity contribution in [3.8, 4) is 0 Å². The Morgan fingerprint density at radius 1 is 1.53 bits per heavy atom. The average molecular weight is 213 g/mol. The lowest BCUT2D eigenvalue weighted by Gasteiger charge is -2.21. The Kier molecular flexibility index (Phi) is 4.26. The van der Waals surface area contributed by atoms with Gasteiger partial charge in [-0.25, -0.2) is 0 Å². The number of aromatic nitrogens is 2. The Balaban J connectivity index is 2.51. The van der Waals surface area contributed by atoms with Crippen molar-refractivity contribution in [1.82, 2.24) is 15.5 Å². The third-order valence-electron chi connectivity index (χ3n) is 1.99. The second-order valence-electron chi connectivity index (χ2n) is 3.09. The summed E-state index contributed by atoms with van der Waals surface area (Å²) in [5, 5.41) is 8.99. The van der Waals surface area contributed by atoms with Gasteiger partial charge >= 0.3 is 0 Å². The van der Waals surface area contributed by atoms with Gasteiger partial charge in [-0.15, -0.1) is 0 Å². The molecule has 0 fully saturated rings. The van der Waals surface area contributed by atoms with Crippen LogP contribution in [0.25, 0.3) is 0 Å². The number of methoxy groups -OCH3 is 2. The van der Waals surface area contributed by atoms with E-state index in [4.69, 9.17) is 9.47 Å². The highest BCUT2D eigenvalue weighted by molar-refractivity contribution is 5.93. The summed E-state index contributed by atoms with van der Waals surface area (Å²) in [5.41, 5.74) is 0.479. The minimum Gasteiger partial charge on any atom is -0.354 e. The molecule has 1 amide bonds. The Labute approximate surface area is 88.0 Å². The van der Waals surface area contributed by atoms with Gasteiger partial charge in [0.05, 0.1) is 17.8 Å². The summed E-state index contributed by atoms with van der Waals surface area (Å²) in [6, 6.07) is -0.234. The van der Waals surface area contributed by atoms with E-state index in [1.807, 2.05) is 0 Å². The quantitative estimate of drug-likeness (QED) is 0.682. The van der Waals surface area contributed by atoms with E-state index in [9.17, 15) is 4.79 Å². The molecular formula is C9H15N3O3. The topological polar surface area (TPSA) is 76.2 Å². The van der Waals surface area contributed by atoms with Gasteiger partial charge in [-0.1, -0.05) is 0 Å². The molecule has 6 heteroatoms. The van der Waals surface area contributed by atoms with E-state index in [0.717, 1.165) is 0 Å².